The average molecular weight is 669 g/mol. The molecule has 1 aromatic carbocycles. The summed E-state index contributed by atoms with van der Waals surface area (Å²) in [7, 11) is -2.16. The van der Waals surface area contributed by atoms with Gasteiger partial charge in [-0.15, -0.1) is 20.3 Å². The van der Waals surface area contributed by atoms with Gasteiger partial charge in [0, 0.05) is 18.1 Å². The van der Waals surface area contributed by atoms with Crippen molar-refractivity contribution in [3.8, 4) is 11.1 Å². The molecule has 45 heavy (non-hydrogen) atoms. The fourth-order valence-corrected chi connectivity index (χ4v) is 4.74. The molecule has 20 heteroatoms. The molecule has 244 valence electrons. The minimum Gasteiger partial charge on any atom is -0.478 e. The number of nitrogens with two attached hydrogens (primary N) is 2. The van der Waals surface area contributed by atoms with Crippen molar-refractivity contribution < 1.29 is 46.3 Å². The van der Waals surface area contributed by atoms with Gasteiger partial charge >= 0.3 is 16.4 Å². The highest BCUT2D eigenvalue weighted by atomic mass is 32.3. The van der Waals surface area contributed by atoms with Crippen molar-refractivity contribution in [1.29, 1.82) is 0 Å². The van der Waals surface area contributed by atoms with E-state index in [1.165, 1.54) is 12.3 Å². The lowest BCUT2D eigenvalue weighted by molar-refractivity contribution is -0.753. The molecular formula is C25H34N9O9S2+. The molecule has 18 nitrogen and oxygen atoms in total. The van der Waals surface area contributed by atoms with Gasteiger partial charge in [-0.3, -0.25) is 14.1 Å². The van der Waals surface area contributed by atoms with Crippen molar-refractivity contribution in [3.05, 3.63) is 47.7 Å². The molecule has 0 bridgehead atoms. The number of nitrogens with zero attached hydrogens (tertiary/aromatic N) is 5. The number of carbonyl (C=O) groups is 3. The molecule has 0 saturated heterocycles. The second-order valence-corrected chi connectivity index (χ2v) is 11.4. The molecule has 0 saturated carbocycles. The fraction of sp³-hybridized carbons (Fsp3) is 0.360. The van der Waals surface area contributed by atoms with E-state index in [0.29, 0.717) is 12.2 Å². The van der Waals surface area contributed by atoms with Gasteiger partial charge in [-0.2, -0.15) is 13.1 Å². The van der Waals surface area contributed by atoms with E-state index in [-0.39, 0.29) is 22.4 Å². The molecule has 2 heterocycles. The number of hydroxylamine groups is 2. The summed E-state index contributed by atoms with van der Waals surface area (Å²) in [4.78, 5) is 46.5. The standard InChI is InChI=1S/C25H33N9O9S2/c1-15(23(36)33(3)43-45(39,40)41)29-22(35)21(19-14-44-25(27)30-19)31-42-20(24(37)38)11-28-18-7-5-16(6-8-18)17-12-32(2)34(13-17)10-4-9-26/h5-8,12-15,20,28H,4,9-11,26H2,1-3H3,(H4-,27,29,30,35,37,38,39,40,41)/p+1/b31-21-/t15-,20?/m0/s1. The Morgan fingerprint density at radius 1 is 1.24 bits per heavy atom. The maximum absolute atomic E-state index is 13.0. The first-order valence-corrected chi connectivity index (χ1v) is 15.5. The molecule has 0 spiro atoms. The number of aliphatic carboxylic acids is 1. The molecule has 0 aliphatic rings. The quantitative estimate of drug-likeness (QED) is 0.0481. The highest BCUT2D eigenvalue weighted by Crippen LogP contribution is 2.21. The molecule has 0 radical (unpaired) electrons. The number of aromatic nitrogens is 3. The Kier molecular flexibility index (Phi) is 11.9. The van der Waals surface area contributed by atoms with Crippen LogP contribution < -0.4 is 26.8 Å². The number of rotatable bonds is 16. The van der Waals surface area contributed by atoms with Crippen LogP contribution in [0.4, 0.5) is 10.8 Å². The Bertz CT molecular complexity index is 1640. The lowest BCUT2D eigenvalue weighted by Gasteiger charge is -2.19. The Hall–Kier alpha value is -4.63. The van der Waals surface area contributed by atoms with Crippen LogP contribution in [0.2, 0.25) is 0 Å². The molecule has 2 aromatic heterocycles. The Labute approximate surface area is 262 Å². The van der Waals surface area contributed by atoms with Gasteiger partial charge in [-0.25, -0.2) is 14.8 Å². The normalized spacial score (nSPS) is 13.1. The molecule has 1 unspecified atom stereocenters. The summed E-state index contributed by atoms with van der Waals surface area (Å²) in [5, 5.41) is 20.3. The minimum absolute atomic E-state index is 0.0664. The number of hydrogen-bond acceptors (Lipinski definition) is 13. The maximum Gasteiger partial charge on any atom is 0.418 e. The molecule has 2 amide bonds. The van der Waals surface area contributed by atoms with Crippen molar-refractivity contribution in [2.45, 2.75) is 32.0 Å². The van der Waals surface area contributed by atoms with Crippen molar-refractivity contribution in [3.63, 3.8) is 0 Å². The van der Waals surface area contributed by atoms with Crippen molar-refractivity contribution in [2.75, 3.05) is 31.2 Å². The zero-order chi connectivity index (χ0) is 33.3. The number of carboxylic acids is 1. The first-order valence-electron chi connectivity index (χ1n) is 13.2. The number of nitrogens with one attached hydrogen (secondary N) is 2. The van der Waals surface area contributed by atoms with Crippen molar-refractivity contribution in [1.82, 2.24) is 20.0 Å². The van der Waals surface area contributed by atoms with Crippen LogP contribution >= 0.6 is 11.3 Å². The molecule has 0 aliphatic carbocycles. The third kappa shape index (κ3) is 10.2. The van der Waals surface area contributed by atoms with Crippen molar-refractivity contribution in [2.24, 2.45) is 17.9 Å². The number of aryl methyl sites for hydroxylation is 2. The second kappa shape index (κ2) is 15.4. The number of oxime groups is 1. The van der Waals surface area contributed by atoms with Gasteiger partial charge in [-0.05, 0) is 37.6 Å². The summed E-state index contributed by atoms with van der Waals surface area (Å²) in [5.74, 6) is -3.48. The molecule has 8 N–H and O–H groups in total. The topological polar surface area (TPSA) is 258 Å². The van der Waals surface area contributed by atoms with Gasteiger partial charge in [0.05, 0.1) is 24.8 Å². The largest absolute Gasteiger partial charge is 0.478 e. The number of carbonyl (C=O) groups excluding carboxylic acids is 2. The molecule has 3 rings (SSSR count). The van der Waals surface area contributed by atoms with Gasteiger partial charge in [0.15, 0.2) is 17.9 Å². The zero-order valence-electron chi connectivity index (χ0n) is 24.5. The van der Waals surface area contributed by atoms with E-state index in [2.05, 4.69) is 25.1 Å². The molecule has 0 fully saturated rings. The van der Waals surface area contributed by atoms with Crippen LogP contribution in [-0.4, -0.2) is 88.6 Å². The van der Waals surface area contributed by atoms with E-state index in [4.69, 9.17) is 20.9 Å². The molecule has 2 atom stereocenters. The predicted molar refractivity (Wildman–Crippen MR) is 162 cm³/mol. The van der Waals surface area contributed by atoms with Gasteiger partial charge in [0.25, 0.3) is 11.8 Å². The Balaban J connectivity index is 1.70. The van der Waals surface area contributed by atoms with Crippen LogP contribution in [0, 0.1) is 0 Å². The first-order chi connectivity index (χ1) is 21.2. The summed E-state index contributed by atoms with van der Waals surface area (Å²) in [6.45, 7) is 2.32. The van der Waals surface area contributed by atoms with E-state index in [1.54, 1.807) is 12.1 Å². The fourth-order valence-electron chi connectivity index (χ4n) is 3.84. The van der Waals surface area contributed by atoms with Crippen LogP contribution in [0.1, 0.15) is 19.0 Å². The number of amides is 2. The third-order valence-electron chi connectivity index (χ3n) is 6.08. The monoisotopic (exact) mass is 668 g/mol. The SMILES string of the molecule is C[C@H](NC(=O)/C(=N\OC(CNc1ccc(-c2cn(CCCN)[n+](C)c2)cc1)C(=O)O)c1csc(N)n1)C(=O)N(C)OS(=O)(=O)O. The third-order valence-corrected chi connectivity index (χ3v) is 7.17. The van der Waals surface area contributed by atoms with Crippen LogP contribution in [0.25, 0.3) is 11.1 Å². The summed E-state index contributed by atoms with van der Waals surface area (Å²) >= 11 is 0.964. The Morgan fingerprint density at radius 2 is 1.93 bits per heavy atom. The van der Waals surface area contributed by atoms with E-state index in [9.17, 15) is 27.9 Å². The second-order valence-electron chi connectivity index (χ2n) is 9.53. The van der Waals surface area contributed by atoms with Crippen LogP contribution in [0.5, 0.6) is 0 Å². The zero-order valence-corrected chi connectivity index (χ0v) is 26.1. The smallest absolute Gasteiger partial charge is 0.418 e. The number of benzene rings is 1. The number of anilines is 2. The van der Waals surface area contributed by atoms with E-state index >= 15 is 0 Å². The van der Waals surface area contributed by atoms with E-state index < -0.39 is 46.0 Å². The highest BCUT2D eigenvalue weighted by Gasteiger charge is 2.28. The Morgan fingerprint density at radius 3 is 2.51 bits per heavy atom. The number of thiazole rings is 1. The predicted octanol–water partition coefficient (Wildman–Crippen LogP) is -0.649. The van der Waals surface area contributed by atoms with Crippen LogP contribution in [0.15, 0.2) is 47.2 Å². The van der Waals surface area contributed by atoms with E-state index in [1.807, 2.05) is 40.9 Å². The molecular weight excluding hydrogens is 634 g/mol. The highest BCUT2D eigenvalue weighted by molar-refractivity contribution is 7.80. The maximum atomic E-state index is 13.0. The molecule has 0 aliphatic heterocycles. The summed E-state index contributed by atoms with van der Waals surface area (Å²) in [6.07, 6.45) is 3.28. The average Bonchev–Trinajstić information content (AvgIpc) is 3.57. The van der Waals surface area contributed by atoms with E-state index in [0.717, 1.165) is 42.5 Å². The number of likely N-dealkylation sites (N-methyl/N-ethyl adjacent to an activating group) is 1. The minimum atomic E-state index is -5.00. The van der Waals surface area contributed by atoms with Crippen molar-refractivity contribution >= 4 is 56.1 Å². The summed E-state index contributed by atoms with van der Waals surface area (Å²) < 4.78 is 38.6. The summed E-state index contributed by atoms with van der Waals surface area (Å²) in [5.41, 5.74) is 13.2. The number of hydrogen-bond donors (Lipinski definition) is 6. The van der Waals surface area contributed by atoms with Gasteiger partial charge in [0.2, 0.25) is 12.3 Å². The number of carboxylic acid groups (broad SMARTS) is 1. The van der Waals surface area contributed by atoms with Gasteiger partial charge in [0.1, 0.15) is 11.7 Å². The summed E-state index contributed by atoms with van der Waals surface area (Å²) in [6, 6.07) is 5.89. The first kappa shape index (κ1) is 34.9. The lowest BCUT2D eigenvalue weighted by atomic mass is 10.1. The van der Waals surface area contributed by atoms with Crippen LogP contribution in [0.3, 0.4) is 0 Å². The van der Waals surface area contributed by atoms with Crippen LogP contribution in [-0.2, 0) is 47.5 Å². The van der Waals surface area contributed by atoms with Gasteiger partial charge in [-0.1, -0.05) is 17.3 Å². The number of nitrogen functional groups attached to an aromatic ring is 1. The molecule has 3 aromatic rings. The van der Waals surface area contributed by atoms with Gasteiger partial charge < -0.3 is 32.0 Å². The lowest BCUT2D eigenvalue weighted by Crippen LogP contribution is -2.48.